The van der Waals surface area contributed by atoms with Crippen molar-refractivity contribution in [3.8, 4) is 0 Å². The topological polar surface area (TPSA) is 86.1 Å². The second-order valence-electron chi connectivity index (χ2n) is 8.12. The van der Waals surface area contributed by atoms with Crippen LogP contribution >= 0.6 is 0 Å². The standard InChI is InChI=1S/C23H28N4O4/c28-21(24-14-18-5-2-1-3-6-18)17-25-8-10-26(11-9-25)23(30)19-13-22(29)27(15-19)16-20-7-4-12-31-20/h1-7,12,19H,8-11,13-17H2,(H,24,28)/t19-/m1/s1. The molecule has 0 spiro atoms. The summed E-state index contributed by atoms with van der Waals surface area (Å²) in [4.78, 5) is 43.0. The molecule has 2 aliphatic heterocycles. The van der Waals surface area contributed by atoms with Crippen LogP contribution in [0.15, 0.2) is 53.1 Å². The molecule has 3 heterocycles. The van der Waals surface area contributed by atoms with Crippen LogP contribution in [-0.4, -0.2) is 71.7 Å². The van der Waals surface area contributed by atoms with Crippen molar-refractivity contribution in [2.24, 2.45) is 5.92 Å². The first-order valence-electron chi connectivity index (χ1n) is 10.7. The van der Waals surface area contributed by atoms with Crippen LogP contribution < -0.4 is 5.32 Å². The highest BCUT2D eigenvalue weighted by atomic mass is 16.3. The summed E-state index contributed by atoms with van der Waals surface area (Å²) in [7, 11) is 0. The average Bonchev–Trinajstić information content (AvgIpc) is 3.43. The molecule has 0 saturated carbocycles. The Morgan fingerprint density at radius 2 is 1.81 bits per heavy atom. The summed E-state index contributed by atoms with van der Waals surface area (Å²) in [5.41, 5.74) is 1.07. The van der Waals surface area contributed by atoms with Gasteiger partial charge in [-0.05, 0) is 17.7 Å². The van der Waals surface area contributed by atoms with Crippen LogP contribution in [0.2, 0.25) is 0 Å². The Hall–Kier alpha value is -3.13. The van der Waals surface area contributed by atoms with Gasteiger partial charge in [0.25, 0.3) is 0 Å². The zero-order valence-corrected chi connectivity index (χ0v) is 17.5. The highest BCUT2D eigenvalue weighted by Gasteiger charge is 2.37. The highest BCUT2D eigenvalue weighted by Crippen LogP contribution is 2.23. The third-order valence-electron chi connectivity index (χ3n) is 5.87. The van der Waals surface area contributed by atoms with Gasteiger partial charge in [-0.3, -0.25) is 19.3 Å². The van der Waals surface area contributed by atoms with Gasteiger partial charge in [0, 0.05) is 45.7 Å². The number of nitrogens with one attached hydrogen (secondary N) is 1. The van der Waals surface area contributed by atoms with Crippen molar-refractivity contribution >= 4 is 17.7 Å². The molecule has 164 valence electrons. The highest BCUT2D eigenvalue weighted by molar-refractivity contribution is 5.89. The molecule has 2 aromatic rings. The Bertz CT molecular complexity index is 892. The average molecular weight is 425 g/mol. The molecule has 8 heteroatoms. The summed E-state index contributed by atoms with van der Waals surface area (Å²) in [6.07, 6.45) is 1.83. The van der Waals surface area contributed by atoms with Gasteiger partial charge >= 0.3 is 0 Å². The zero-order chi connectivity index (χ0) is 21.6. The maximum atomic E-state index is 12.9. The van der Waals surface area contributed by atoms with Gasteiger partial charge in [0.15, 0.2) is 0 Å². The minimum Gasteiger partial charge on any atom is -0.467 e. The van der Waals surface area contributed by atoms with E-state index in [4.69, 9.17) is 4.42 Å². The molecular formula is C23H28N4O4. The third kappa shape index (κ3) is 5.52. The molecule has 1 aromatic heterocycles. The van der Waals surface area contributed by atoms with Crippen molar-refractivity contribution in [1.82, 2.24) is 20.0 Å². The number of carbonyl (C=O) groups excluding carboxylic acids is 3. The van der Waals surface area contributed by atoms with Gasteiger partial charge in [0.05, 0.1) is 25.3 Å². The van der Waals surface area contributed by atoms with Crippen LogP contribution in [0.1, 0.15) is 17.7 Å². The minimum absolute atomic E-state index is 0.0107. The maximum absolute atomic E-state index is 12.9. The van der Waals surface area contributed by atoms with Gasteiger partial charge in [0.1, 0.15) is 5.76 Å². The molecule has 8 nitrogen and oxygen atoms in total. The van der Waals surface area contributed by atoms with Crippen LogP contribution in [0.3, 0.4) is 0 Å². The molecule has 2 aliphatic rings. The van der Waals surface area contributed by atoms with Crippen molar-refractivity contribution in [3.05, 3.63) is 60.1 Å². The van der Waals surface area contributed by atoms with E-state index in [0.717, 1.165) is 11.3 Å². The lowest BCUT2D eigenvalue weighted by Crippen LogP contribution is -2.52. The van der Waals surface area contributed by atoms with Crippen LogP contribution in [0, 0.1) is 5.92 Å². The first kappa shape index (κ1) is 21.1. The summed E-state index contributed by atoms with van der Waals surface area (Å²) in [6.45, 7) is 4.14. The number of rotatable bonds is 7. The van der Waals surface area contributed by atoms with Crippen LogP contribution in [-0.2, 0) is 27.5 Å². The molecule has 1 aromatic carbocycles. The first-order valence-corrected chi connectivity index (χ1v) is 10.7. The van der Waals surface area contributed by atoms with Gasteiger partial charge in [-0.15, -0.1) is 0 Å². The first-order chi connectivity index (χ1) is 15.1. The number of carbonyl (C=O) groups is 3. The molecule has 3 amide bonds. The molecule has 0 unspecified atom stereocenters. The molecule has 0 radical (unpaired) electrons. The van der Waals surface area contributed by atoms with Crippen molar-refractivity contribution in [3.63, 3.8) is 0 Å². The Labute approximate surface area is 181 Å². The second-order valence-corrected chi connectivity index (χ2v) is 8.12. The fourth-order valence-corrected chi connectivity index (χ4v) is 4.12. The van der Waals surface area contributed by atoms with E-state index in [1.165, 1.54) is 0 Å². The van der Waals surface area contributed by atoms with E-state index < -0.39 is 0 Å². The van der Waals surface area contributed by atoms with Gasteiger partial charge in [-0.2, -0.15) is 0 Å². The summed E-state index contributed by atoms with van der Waals surface area (Å²) < 4.78 is 5.31. The molecule has 4 rings (SSSR count). The summed E-state index contributed by atoms with van der Waals surface area (Å²) in [5.74, 6) is 0.425. The molecule has 2 fully saturated rings. The minimum atomic E-state index is -0.303. The molecule has 0 aliphatic carbocycles. The van der Waals surface area contributed by atoms with Gasteiger partial charge in [-0.25, -0.2) is 0 Å². The molecule has 1 N–H and O–H groups in total. The van der Waals surface area contributed by atoms with Crippen LogP contribution in [0.5, 0.6) is 0 Å². The Kier molecular flexibility index (Phi) is 6.66. The van der Waals surface area contributed by atoms with E-state index in [1.807, 2.05) is 41.3 Å². The Morgan fingerprint density at radius 3 is 2.52 bits per heavy atom. The van der Waals surface area contributed by atoms with E-state index in [2.05, 4.69) is 10.2 Å². The number of furan rings is 1. The van der Waals surface area contributed by atoms with Crippen molar-refractivity contribution < 1.29 is 18.8 Å². The van der Waals surface area contributed by atoms with Gasteiger partial charge in [-0.1, -0.05) is 30.3 Å². The molecule has 31 heavy (non-hydrogen) atoms. The number of likely N-dealkylation sites (tertiary alicyclic amines) is 1. The Morgan fingerprint density at radius 1 is 1.03 bits per heavy atom. The fourth-order valence-electron chi connectivity index (χ4n) is 4.12. The zero-order valence-electron chi connectivity index (χ0n) is 17.5. The number of benzene rings is 1. The summed E-state index contributed by atoms with van der Waals surface area (Å²) in [5, 5.41) is 2.94. The monoisotopic (exact) mass is 424 g/mol. The normalized spacial score (nSPS) is 19.6. The lowest BCUT2D eigenvalue weighted by atomic mass is 10.1. The number of piperazine rings is 1. The third-order valence-corrected chi connectivity index (χ3v) is 5.87. The fraction of sp³-hybridized carbons (Fsp3) is 0.435. The summed E-state index contributed by atoms with van der Waals surface area (Å²) in [6, 6.07) is 13.4. The number of hydrogen-bond donors (Lipinski definition) is 1. The van der Waals surface area contributed by atoms with Crippen molar-refractivity contribution in [2.75, 3.05) is 39.3 Å². The van der Waals surface area contributed by atoms with Crippen LogP contribution in [0.4, 0.5) is 0 Å². The second kappa shape index (κ2) is 9.78. The SMILES string of the molecule is O=C(CN1CCN(C(=O)[C@@H]2CC(=O)N(Cc3ccco3)C2)CC1)NCc1ccccc1. The lowest BCUT2D eigenvalue weighted by molar-refractivity contribution is -0.137. The van der Waals surface area contributed by atoms with E-state index in [1.54, 1.807) is 17.2 Å². The van der Waals surface area contributed by atoms with E-state index in [9.17, 15) is 14.4 Å². The number of amides is 3. The Balaban J connectivity index is 1.19. The number of nitrogens with zero attached hydrogens (tertiary/aromatic N) is 3. The van der Waals surface area contributed by atoms with E-state index in [-0.39, 0.29) is 30.1 Å². The largest absolute Gasteiger partial charge is 0.467 e. The van der Waals surface area contributed by atoms with Crippen molar-refractivity contribution in [2.45, 2.75) is 19.5 Å². The molecule has 0 bridgehead atoms. The lowest BCUT2D eigenvalue weighted by Gasteiger charge is -2.35. The molecule has 2 saturated heterocycles. The van der Waals surface area contributed by atoms with Crippen LogP contribution in [0.25, 0.3) is 0 Å². The predicted octanol–water partition coefficient (Wildman–Crippen LogP) is 1.09. The quantitative estimate of drug-likeness (QED) is 0.719. The maximum Gasteiger partial charge on any atom is 0.234 e. The van der Waals surface area contributed by atoms with Gasteiger partial charge < -0.3 is 19.5 Å². The van der Waals surface area contributed by atoms with Crippen molar-refractivity contribution in [1.29, 1.82) is 0 Å². The number of hydrogen-bond acceptors (Lipinski definition) is 5. The van der Waals surface area contributed by atoms with Gasteiger partial charge in [0.2, 0.25) is 17.7 Å². The van der Waals surface area contributed by atoms with E-state index >= 15 is 0 Å². The summed E-state index contributed by atoms with van der Waals surface area (Å²) >= 11 is 0. The molecular weight excluding hydrogens is 396 g/mol. The molecule has 1 atom stereocenters. The predicted molar refractivity (Wildman–Crippen MR) is 114 cm³/mol. The van der Waals surface area contributed by atoms with E-state index in [0.29, 0.717) is 52.4 Å². The smallest absolute Gasteiger partial charge is 0.234 e.